The van der Waals surface area contributed by atoms with E-state index >= 15 is 0 Å². The smallest absolute Gasteiger partial charge is 0.326 e. The van der Waals surface area contributed by atoms with Crippen molar-refractivity contribution in [2.75, 3.05) is 19.8 Å². The van der Waals surface area contributed by atoms with Crippen molar-refractivity contribution in [1.29, 1.82) is 0 Å². The van der Waals surface area contributed by atoms with Gasteiger partial charge in [0.1, 0.15) is 6.04 Å². The second-order valence-electron chi connectivity index (χ2n) is 9.91. The fourth-order valence-electron chi connectivity index (χ4n) is 6.68. The molecule has 4 fully saturated rings. The van der Waals surface area contributed by atoms with Crippen LogP contribution in [0.3, 0.4) is 0 Å². The highest BCUT2D eigenvalue weighted by Crippen LogP contribution is 2.88. The Balaban J connectivity index is 1.59. The van der Waals surface area contributed by atoms with Crippen molar-refractivity contribution in [3.63, 3.8) is 0 Å². The predicted octanol–water partition coefficient (Wildman–Crippen LogP) is 2.01. The minimum absolute atomic E-state index is 0.0483. The van der Waals surface area contributed by atoms with E-state index in [1.54, 1.807) is 4.90 Å². The summed E-state index contributed by atoms with van der Waals surface area (Å²) in [5.41, 5.74) is 6.39. The van der Waals surface area contributed by atoms with Crippen LogP contribution in [0.15, 0.2) is 0 Å². The van der Waals surface area contributed by atoms with E-state index in [0.29, 0.717) is 26.2 Å². The van der Waals surface area contributed by atoms with E-state index in [2.05, 4.69) is 13.8 Å². The first kappa shape index (κ1) is 18.2. The molecule has 2 saturated carbocycles. The van der Waals surface area contributed by atoms with Gasteiger partial charge in [0.2, 0.25) is 5.91 Å². The summed E-state index contributed by atoms with van der Waals surface area (Å²) in [7, 11) is 0. The molecule has 2 aliphatic heterocycles. The van der Waals surface area contributed by atoms with E-state index < -0.39 is 18.1 Å². The molecule has 4 aliphatic rings. The molecular weight excluding hydrogens is 332 g/mol. The predicted molar refractivity (Wildman–Crippen MR) is 96.4 cm³/mol. The lowest BCUT2D eigenvalue weighted by atomic mass is 9.73. The SMILES string of the molecule is CC1([C@H](N)C(=O)N2C[C@]3(C[C@H]2C(=O)O)C(C)(C)C32CCC2)CCOCC1. The first-order valence-electron chi connectivity index (χ1n) is 9.99. The number of nitrogens with two attached hydrogens (primary N) is 1. The number of ether oxygens (including phenoxy) is 1. The van der Waals surface area contributed by atoms with Crippen LogP contribution in [-0.4, -0.2) is 53.7 Å². The van der Waals surface area contributed by atoms with E-state index in [1.807, 2.05) is 6.92 Å². The Labute approximate surface area is 155 Å². The van der Waals surface area contributed by atoms with Crippen molar-refractivity contribution >= 4 is 11.9 Å². The molecule has 4 rings (SSSR count). The molecule has 0 unspecified atom stereocenters. The van der Waals surface area contributed by atoms with Gasteiger partial charge in [-0.15, -0.1) is 0 Å². The van der Waals surface area contributed by atoms with Gasteiger partial charge in [-0.25, -0.2) is 4.79 Å². The molecule has 0 radical (unpaired) electrons. The quantitative estimate of drug-likeness (QED) is 0.799. The minimum Gasteiger partial charge on any atom is -0.480 e. The van der Waals surface area contributed by atoms with Gasteiger partial charge in [-0.05, 0) is 48.3 Å². The van der Waals surface area contributed by atoms with Gasteiger partial charge in [0.15, 0.2) is 0 Å². The molecule has 0 bridgehead atoms. The number of amides is 1. The molecule has 3 N–H and O–H groups in total. The molecule has 146 valence electrons. The number of carbonyl (C=O) groups excluding carboxylic acids is 1. The average molecular weight is 364 g/mol. The molecule has 2 heterocycles. The molecule has 0 aromatic rings. The molecule has 0 aromatic heterocycles. The maximum absolute atomic E-state index is 13.3. The Hall–Kier alpha value is -1.14. The number of carboxylic acids is 1. The van der Waals surface area contributed by atoms with E-state index in [-0.39, 0.29) is 27.6 Å². The van der Waals surface area contributed by atoms with Crippen LogP contribution in [0.25, 0.3) is 0 Å². The molecular formula is C20H32N2O4. The topological polar surface area (TPSA) is 92.9 Å². The highest BCUT2D eigenvalue weighted by molar-refractivity contribution is 5.88. The van der Waals surface area contributed by atoms with Gasteiger partial charge < -0.3 is 20.5 Å². The zero-order valence-electron chi connectivity index (χ0n) is 16.2. The molecule has 0 aromatic carbocycles. The second-order valence-corrected chi connectivity index (χ2v) is 9.91. The van der Waals surface area contributed by atoms with Crippen LogP contribution >= 0.6 is 0 Å². The Morgan fingerprint density at radius 2 is 1.73 bits per heavy atom. The van der Waals surface area contributed by atoms with Crippen LogP contribution in [0.1, 0.15) is 59.3 Å². The number of rotatable bonds is 3. The average Bonchev–Trinajstić information content (AvgIpc) is 2.82. The molecule has 26 heavy (non-hydrogen) atoms. The van der Waals surface area contributed by atoms with Crippen LogP contribution in [-0.2, 0) is 14.3 Å². The lowest BCUT2D eigenvalue weighted by Gasteiger charge is -2.40. The van der Waals surface area contributed by atoms with Crippen LogP contribution in [0.2, 0.25) is 0 Å². The van der Waals surface area contributed by atoms with E-state index in [0.717, 1.165) is 25.7 Å². The van der Waals surface area contributed by atoms with Gasteiger partial charge in [-0.2, -0.15) is 0 Å². The lowest BCUT2D eigenvalue weighted by Crippen LogP contribution is -2.56. The fourth-order valence-corrected chi connectivity index (χ4v) is 6.68. The summed E-state index contributed by atoms with van der Waals surface area (Å²) in [4.78, 5) is 26.9. The van der Waals surface area contributed by atoms with Crippen LogP contribution in [0.4, 0.5) is 0 Å². The monoisotopic (exact) mass is 364 g/mol. The van der Waals surface area contributed by atoms with Gasteiger partial charge in [0, 0.05) is 25.2 Å². The molecule has 3 atom stereocenters. The van der Waals surface area contributed by atoms with E-state index in [1.165, 1.54) is 6.42 Å². The number of likely N-dealkylation sites (tertiary alicyclic amines) is 1. The highest BCUT2D eigenvalue weighted by atomic mass is 16.5. The summed E-state index contributed by atoms with van der Waals surface area (Å²) in [6.45, 7) is 8.33. The van der Waals surface area contributed by atoms with Crippen LogP contribution in [0.5, 0.6) is 0 Å². The lowest BCUT2D eigenvalue weighted by molar-refractivity contribution is -0.150. The minimum atomic E-state index is -0.892. The summed E-state index contributed by atoms with van der Waals surface area (Å²) >= 11 is 0. The number of hydrogen-bond acceptors (Lipinski definition) is 4. The Morgan fingerprint density at radius 1 is 1.12 bits per heavy atom. The van der Waals surface area contributed by atoms with Crippen molar-refractivity contribution in [2.24, 2.45) is 27.4 Å². The first-order chi connectivity index (χ1) is 12.1. The Kier molecular flexibility index (Phi) is 3.82. The second kappa shape index (κ2) is 5.44. The van der Waals surface area contributed by atoms with Gasteiger partial charge >= 0.3 is 5.97 Å². The molecule has 2 saturated heterocycles. The largest absolute Gasteiger partial charge is 0.480 e. The number of hydrogen-bond donors (Lipinski definition) is 2. The summed E-state index contributed by atoms with van der Waals surface area (Å²) in [6, 6.07) is -1.40. The van der Waals surface area contributed by atoms with Crippen LogP contribution in [0, 0.1) is 21.7 Å². The third-order valence-electron chi connectivity index (χ3n) is 9.03. The number of carboxylic acid groups (broad SMARTS) is 1. The zero-order valence-corrected chi connectivity index (χ0v) is 16.2. The maximum Gasteiger partial charge on any atom is 0.326 e. The molecule has 6 nitrogen and oxygen atoms in total. The Bertz CT molecular complexity index is 636. The normalized spacial score (nSPS) is 37.4. The van der Waals surface area contributed by atoms with E-state index in [4.69, 9.17) is 10.5 Å². The maximum atomic E-state index is 13.3. The third kappa shape index (κ3) is 2.00. The van der Waals surface area contributed by atoms with Crippen molar-refractivity contribution < 1.29 is 19.4 Å². The Morgan fingerprint density at radius 3 is 2.19 bits per heavy atom. The number of carbonyl (C=O) groups is 2. The summed E-state index contributed by atoms with van der Waals surface area (Å²) in [6.07, 6.45) is 5.60. The van der Waals surface area contributed by atoms with Crippen LogP contribution < -0.4 is 5.73 Å². The van der Waals surface area contributed by atoms with Crippen molar-refractivity contribution in [3.8, 4) is 0 Å². The van der Waals surface area contributed by atoms with Gasteiger partial charge in [0.25, 0.3) is 0 Å². The van der Waals surface area contributed by atoms with E-state index in [9.17, 15) is 14.7 Å². The molecule has 2 spiro atoms. The molecule has 1 amide bonds. The van der Waals surface area contributed by atoms with Crippen molar-refractivity contribution in [1.82, 2.24) is 4.90 Å². The van der Waals surface area contributed by atoms with Gasteiger partial charge in [-0.1, -0.05) is 27.2 Å². The zero-order chi connectivity index (χ0) is 19.0. The number of fused-ring (bicyclic) bond motifs is 1. The number of nitrogens with zero attached hydrogens (tertiary/aromatic N) is 1. The van der Waals surface area contributed by atoms with Gasteiger partial charge in [-0.3, -0.25) is 4.79 Å². The highest BCUT2D eigenvalue weighted by Gasteiger charge is 2.85. The summed E-state index contributed by atoms with van der Waals surface area (Å²) in [5, 5.41) is 9.83. The fraction of sp³-hybridized carbons (Fsp3) is 0.900. The summed E-state index contributed by atoms with van der Waals surface area (Å²) in [5.74, 6) is -1.08. The first-order valence-corrected chi connectivity index (χ1v) is 9.99. The van der Waals surface area contributed by atoms with Crippen molar-refractivity contribution in [2.45, 2.75) is 71.4 Å². The standard InChI is InChI=1S/C20H32N2O4/c1-17(2)19(5-4-6-19)20(17)11-13(16(24)25)22(12-20)15(23)14(21)18(3)7-9-26-10-8-18/h13-14H,4-12,21H2,1-3H3,(H,24,25)/t13-,14+,20+/m0/s1. The van der Waals surface area contributed by atoms with Gasteiger partial charge in [0.05, 0.1) is 6.04 Å². The number of aliphatic carboxylic acids is 1. The van der Waals surface area contributed by atoms with Crippen molar-refractivity contribution in [3.05, 3.63) is 0 Å². The molecule has 2 aliphatic carbocycles. The summed E-state index contributed by atoms with van der Waals surface area (Å²) < 4.78 is 5.42. The molecule has 6 heteroatoms. The third-order valence-corrected chi connectivity index (χ3v) is 9.03.